The van der Waals surface area contributed by atoms with Crippen molar-refractivity contribution in [1.82, 2.24) is 5.32 Å². The zero-order valence-electron chi connectivity index (χ0n) is 16.7. The van der Waals surface area contributed by atoms with Crippen LogP contribution in [0.2, 0.25) is 0 Å². The van der Waals surface area contributed by atoms with Gasteiger partial charge in [-0.05, 0) is 43.3 Å². The van der Waals surface area contributed by atoms with Crippen molar-refractivity contribution in [3.05, 3.63) is 48.5 Å². The predicted octanol–water partition coefficient (Wildman–Crippen LogP) is 2.64. The number of methoxy groups -OCH3 is 1. The highest BCUT2D eigenvalue weighted by atomic mass is 16.5. The monoisotopic (exact) mass is 398 g/mol. The number of amides is 2. The molecule has 1 aliphatic heterocycles. The number of ether oxygens (including phenoxy) is 3. The van der Waals surface area contributed by atoms with Gasteiger partial charge in [-0.25, -0.2) is 0 Å². The fourth-order valence-corrected chi connectivity index (χ4v) is 3.20. The Labute approximate surface area is 170 Å². The van der Waals surface area contributed by atoms with Crippen LogP contribution in [-0.2, 0) is 9.59 Å². The smallest absolute Gasteiger partial charge is 0.227 e. The molecule has 2 amide bonds. The van der Waals surface area contributed by atoms with E-state index in [2.05, 4.69) is 5.32 Å². The second-order valence-electron chi connectivity index (χ2n) is 6.65. The second-order valence-corrected chi connectivity index (χ2v) is 6.65. The molecule has 1 heterocycles. The number of carbonyl (C=O) groups is 2. The van der Waals surface area contributed by atoms with Gasteiger partial charge >= 0.3 is 0 Å². The van der Waals surface area contributed by atoms with Gasteiger partial charge in [0, 0.05) is 24.7 Å². The Kier molecular flexibility index (Phi) is 6.94. The molecule has 0 aliphatic carbocycles. The molecule has 29 heavy (non-hydrogen) atoms. The zero-order chi connectivity index (χ0) is 20.6. The van der Waals surface area contributed by atoms with Crippen LogP contribution in [0.1, 0.15) is 13.3 Å². The van der Waals surface area contributed by atoms with Crippen LogP contribution in [0.5, 0.6) is 17.2 Å². The van der Waals surface area contributed by atoms with E-state index in [-0.39, 0.29) is 24.2 Å². The van der Waals surface area contributed by atoms with Crippen LogP contribution >= 0.6 is 0 Å². The molecule has 0 bridgehead atoms. The number of carbonyl (C=O) groups excluding carboxylic acids is 2. The van der Waals surface area contributed by atoms with Crippen molar-refractivity contribution in [2.24, 2.45) is 5.92 Å². The Balaban J connectivity index is 1.46. The molecular weight excluding hydrogens is 372 g/mol. The van der Waals surface area contributed by atoms with Gasteiger partial charge in [-0.3, -0.25) is 9.59 Å². The molecule has 0 spiro atoms. The Morgan fingerprint density at radius 1 is 1.10 bits per heavy atom. The van der Waals surface area contributed by atoms with E-state index < -0.39 is 0 Å². The average molecular weight is 398 g/mol. The Morgan fingerprint density at radius 2 is 1.86 bits per heavy atom. The number of nitrogens with one attached hydrogen (secondary N) is 1. The SMILES string of the molecule is CCOc1ccc(N2CC(C(=O)NCCOc3cccc(OC)c3)CC2=O)cc1. The van der Waals surface area contributed by atoms with E-state index in [1.54, 1.807) is 18.1 Å². The molecule has 3 rings (SSSR count). The van der Waals surface area contributed by atoms with Gasteiger partial charge in [0.05, 0.1) is 26.2 Å². The highest BCUT2D eigenvalue weighted by Crippen LogP contribution is 2.27. The topological polar surface area (TPSA) is 77.1 Å². The van der Waals surface area contributed by atoms with Gasteiger partial charge in [0.25, 0.3) is 0 Å². The number of rotatable bonds is 9. The molecule has 154 valence electrons. The molecule has 1 saturated heterocycles. The molecule has 7 nitrogen and oxygen atoms in total. The van der Waals surface area contributed by atoms with E-state index in [0.717, 1.165) is 11.4 Å². The lowest BCUT2D eigenvalue weighted by atomic mass is 10.1. The van der Waals surface area contributed by atoms with Crippen molar-refractivity contribution < 1.29 is 23.8 Å². The first-order chi connectivity index (χ1) is 14.1. The van der Waals surface area contributed by atoms with E-state index in [9.17, 15) is 9.59 Å². The summed E-state index contributed by atoms with van der Waals surface area (Å²) in [7, 11) is 1.60. The zero-order valence-corrected chi connectivity index (χ0v) is 16.7. The van der Waals surface area contributed by atoms with E-state index >= 15 is 0 Å². The van der Waals surface area contributed by atoms with Crippen molar-refractivity contribution in [1.29, 1.82) is 0 Å². The molecule has 1 aliphatic rings. The second kappa shape index (κ2) is 9.82. The minimum atomic E-state index is -0.370. The van der Waals surface area contributed by atoms with Crippen LogP contribution in [0.3, 0.4) is 0 Å². The van der Waals surface area contributed by atoms with Crippen LogP contribution < -0.4 is 24.4 Å². The third-order valence-electron chi connectivity index (χ3n) is 4.67. The van der Waals surface area contributed by atoms with Crippen molar-refractivity contribution in [2.45, 2.75) is 13.3 Å². The molecular formula is C22H26N2O5. The molecule has 1 unspecified atom stereocenters. The lowest BCUT2D eigenvalue weighted by Crippen LogP contribution is -2.35. The summed E-state index contributed by atoms with van der Waals surface area (Å²) >= 11 is 0. The number of anilines is 1. The highest BCUT2D eigenvalue weighted by Gasteiger charge is 2.34. The summed E-state index contributed by atoms with van der Waals surface area (Å²) in [5.41, 5.74) is 0.773. The maximum atomic E-state index is 12.4. The molecule has 0 aromatic heterocycles. The van der Waals surface area contributed by atoms with E-state index in [1.165, 1.54) is 0 Å². The summed E-state index contributed by atoms with van der Waals surface area (Å²) < 4.78 is 16.2. The van der Waals surface area contributed by atoms with Gasteiger partial charge in [0.2, 0.25) is 11.8 Å². The Bertz CT molecular complexity index is 837. The Morgan fingerprint density at radius 3 is 2.59 bits per heavy atom. The first kappa shape index (κ1) is 20.5. The maximum absolute atomic E-state index is 12.4. The summed E-state index contributed by atoms with van der Waals surface area (Å²) in [5.74, 6) is 1.59. The standard InChI is InChI=1S/C22H26N2O5/c1-3-28-18-9-7-17(8-10-18)24-15-16(13-21(24)25)22(26)23-11-12-29-20-6-4-5-19(14-20)27-2/h4-10,14,16H,3,11-13,15H2,1-2H3,(H,23,26). The molecule has 1 fully saturated rings. The highest BCUT2D eigenvalue weighted by molar-refractivity contribution is 6.00. The van der Waals surface area contributed by atoms with Crippen molar-refractivity contribution in [2.75, 3.05) is 38.3 Å². The molecule has 0 radical (unpaired) electrons. The van der Waals surface area contributed by atoms with E-state index in [0.29, 0.717) is 37.8 Å². The summed E-state index contributed by atoms with van der Waals surface area (Å²) in [6.45, 7) is 3.58. The lowest BCUT2D eigenvalue weighted by Gasteiger charge is -2.17. The average Bonchev–Trinajstić information content (AvgIpc) is 3.14. The molecule has 0 saturated carbocycles. The van der Waals surface area contributed by atoms with E-state index in [4.69, 9.17) is 14.2 Å². The van der Waals surface area contributed by atoms with Crippen molar-refractivity contribution in [3.8, 4) is 17.2 Å². The van der Waals surface area contributed by atoms with Crippen LogP contribution in [-0.4, -0.2) is 45.2 Å². The minimum Gasteiger partial charge on any atom is -0.497 e. The lowest BCUT2D eigenvalue weighted by molar-refractivity contribution is -0.126. The first-order valence-electron chi connectivity index (χ1n) is 9.68. The Hall–Kier alpha value is -3.22. The van der Waals surface area contributed by atoms with Crippen LogP contribution in [0.25, 0.3) is 0 Å². The maximum Gasteiger partial charge on any atom is 0.227 e. The van der Waals surface area contributed by atoms with Gasteiger partial charge < -0.3 is 24.4 Å². The minimum absolute atomic E-state index is 0.0538. The summed E-state index contributed by atoms with van der Waals surface area (Å²) in [4.78, 5) is 26.4. The fraction of sp³-hybridized carbons (Fsp3) is 0.364. The number of hydrogen-bond acceptors (Lipinski definition) is 5. The third kappa shape index (κ3) is 5.40. The quantitative estimate of drug-likeness (QED) is 0.657. The summed E-state index contributed by atoms with van der Waals surface area (Å²) in [6.07, 6.45) is 0.204. The predicted molar refractivity (Wildman–Crippen MR) is 110 cm³/mol. The van der Waals surface area contributed by atoms with Crippen LogP contribution in [0.4, 0.5) is 5.69 Å². The molecule has 1 N–H and O–H groups in total. The largest absolute Gasteiger partial charge is 0.497 e. The fourth-order valence-electron chi connectivity index (χ4n) is 3.20. The van der Waals surface area contributed by atoms with Gasteiger partial charge in [-0.1, -0.05) is 6.07 Å². The number of benzene rings is 2. The molecule has 2 aromatic rings. The van der Waals surface area contributed by atoms with Crippen LogP contribution in [0, 0.1) is 5.92 Å². The van der Waals surface area contributed by atoms with Gasteiger partial charge in [0.15, 0.2) is 0 Å². The van der Waals surface area contributed by atoms with Crippen LogP contribution in [0.15, 0.2) is 48.5 Å². The first-order valence-corrected chi connectivity index (χ1v) is 9.68. The molecule has 1 atom stereocenters. The third-order valence-corrected chi connectivity index (χ3v) is 4.67. The normalized spacial score (nSPS) is 15.9. The number of nitrogens with zero attached hydrogens (tertiary/aromatic N) is 1. The van der Waals surface area contributed by atoms with Gasteiger partial charge in [-0.2, -0.15) is 0 Å². The van der Waals surface area contributed by atoms with E-state index in [1.807, 2.05) is 49.4 Å². The molecule has 2 aromatic carbocycles. The molecule has 7 heteroatoms. The summed E-state index contributed by atoms with van der Waals surface area (Å²) in [5, 5.41) is 2.85. The summed E-state index contributed by atoms with van der Waals surface area (Å²) in [6, 6.07) is 14.6. The van der Waals surface area contributed by atoms with Crippen molar-refractivity contribution >= 4 is 17.5 Å². The van der Waals surface area contributed by atoms with Gasteiger partial charge in [-0.15, -0.1) is 0 Å². The number of hydrogen-bond donors (Lipinski definition) is 1. The van der Waals surface area contributed by atoms with Crippen molar-refractivity contribution in [3.63, 3.8) is 0 Å². The van der Waals surface area contributed by atoms with Gasteiger partial charge in [0.1, 0.15) is 23.9 Å².